The minimum Gasteiger partial charge on any atom is -0.481 e. The summed E-state index contributed by atoms with van der Waals surface area (Å²) >= 11 is 0. The van der Waals surface area contributed by atoms with Gasteiger partial charge in [0.15, 0.2) is 0 Å². The number of amides is 2. The molecule has 23 heavy (non-hydrogen) atoms. The Balaban J connectivity index is 1.74. The Morgan fingerprint density at radius 2 is 2.22 bits per heavy atom. The predicted molar refractivity (Wildman–Crippen MR) is 83.9 cm³/mol. The summed E-state index contributed by atoms with van der Waals surface area (Å²) in [6, 6.07) is 6.92. The van der Waals surface area contributed by atoms with Crippen LogP contribution in [-0.2, 0) is 4.79 Å². The molecule has 6 nitrogen and oxygen atoms in total. The number of hydrogen-bond donors (Lipinski definition) is 2. The molecule has 0 spiro atoms. The van der Waals surface area contributed by atoms with E-state index in [0.717, 1.165) is 18.4 Å². The molecule has 1 saturated heterocycles. The van der Waals surface area contributed by atoms with E-state index >= 15 is 0 Å². The van der Waals surface area contributed by atoms with Gasteiger partial charge in [-0.25, -0.2) is 4.79 Å². The highest BCUT2D eigenvalue weighted by Gasteiger charge is 2.55. The smallest absolute Gasteiger partial charge is 0.321 e. The zero-order chi connectivity index (χ0) is 16.6. The molecule has 1 aliphatic heterocycles. The maximum Gasteiger partial charge on any atom is 0.321 e. The van der Waals surface area contributed by atoms with E-state index in [4.69, 9.17) is 5.26 Å². The Morgan fingerprint density at radius 3 is 2.87 bits per heavy atom. The Hall–Kier alpha value is -2.55. The van der Waals surface area contributed by atoms with Crippen molar-refractivity contribution in [1.82, 2.24) is 4.90 Å². The highest BCUT2D eigenvalue weighted by Crippen LogP contribution is 2.48. The Labute approximate surface area is 134 Å². The molecule has 3 rings (SSSR count). The Bertz CT molecular complexity index is 710. The molecule has 1 aromatic rings. The van der Waals surface area contributed by atoms with Crippen molar-refractivity contribution in [1.29, 1.82) is 5.26 Å². The number of urea groups is 1. The molecule has 0 unspecified atom stereocenters. The van der Waals surface area contributed by atoms with Crippen molar-refractivity contribution in [3.8, 4) is 6.07 Å². The number of nitrogens with zero attached hydrogens (tertiary/aromatic N) is 2. The number of aryl methyl sites for hydroxylation is 1. The van der Waals surface area contributed by atoms with Gasteiger partial charge in [0.25, 0.3) is 0 Å². The van der Waals surface area contributed by atoms with Crippen molar-refractivity contribution in [2.45, 2.75) is 26.2 Å². The molecule has 1 aromatic carbocycles. The summed E-state index contributed by atoms with van der Waals surface area (Å²) < 4.78 is 0. The summed E-state index contributed by atoms with van der Waals surface area (Å²) in [7, 11) is 0. The van der Waals surface area contributed by atoms with Gasteiger partial charge in [-0.15, -0.1) is 0 Å². The fourth-order valence-corrected chi connectivity index (χ4v) is 3.92. The number of nitriles is 1. The first-order chi connectivity index (χ1) is 10.9. The summed E-state index contributed by atoms with van der Waals surface area (Å²) in [5.41, 5.74) is 1.16. The van der Waals surface area contributed by atoms with E-state index < -0.39 is 11.4 Å². The van der Waals surface area contributed by atoms with E-state index in [0.29, 0.717) is 24.2 Å². The average Bonchev–Trinajstić information content (AvgIpc) is 3.04. The van der Waals surface area contributed by atoms with E-state index in [9.17, 15) is 14.7 Å². The van der Waals surface area contributed by atoms with Gasteiger partial charge < -0.3 is 15.3 Å². The largest absolute Gasteiger partial charge is 0.481 e. The number of carboxylic acids is 1. The zero-order valence-electron chi connectivity index (χ0n) is 13.0. The summed E-state index contributed by atoms with van der Waals surface area (Å²) in [5.74, 6) is -0.754. The maximum absolute atomic E-state index is 12.5. The lowest BCUT2D eigenvalue weighted by Crippen LogP contribution is -2.38. The van der Waals surface area contributed by atoms with Crippen LogP contribution in [0, 0.1) is 29.6 Å². The lowest BCUT2D eigenvalue weighted by atomic mass is 9.81. The SMILES string of the molecule is Cc1cc(C#N)cc(NC(=O)N2C[C@@H]3CCC[C@@]3(C(=O)O)C2)c1. The van der Waals surface area contributed by atoms with Crippen LogP contribution >= 0.6 is 0 Å². The number of benzene rings is 1. The molecule has 0 bridgehead atoms. The molecule has 1 saturated carbocycles. The third kappa shape index (κ3) is 2.63. The Kier molecular flexibility index (Phi) is 3.72. The third-order valence-corrected chi connectivity index (χ3v) is 5.04. The van der Waals surface area contributed by atoms with Crippen molar-refractivity contribution >= 4 is 17.7 Å². The van der Waals surface area contributed by atoms with E-state index in [1.807, 2.05) is 6.92 Å². The second-order valence-electron chi connectivity index (χ2n) is 6.56. The summed E-state index contributed by atoms with van der Waals surface area (Å²) in [5, 5.41) is 21.4. The number of anilines is 1. The number of likely N-dealkylation sites (tertiary alicyclic amines) is 1. The lowest BCUT2D eigenvalue weighted by molar-refractivity contribution is -0.149. The lowest BCUT2D eigenvalue weighted by Gasteiger charge is -2.23. The van der Waals surface area contributed by atoms with Crippen LogP contribution in [0.5, 0.6) is 0 Å². The van der Waals surface area contributed by atoms with Crippen LogP contribution in [0.3, 0.4) is 0 Å². The molecule has 6 heteroatoms. The van der Waals surface area contributed by atoms with Gasteiger partial charge in [-0.05, 0) is 49.4 Å². The van der Waals surface area contributed by atoms with E-state index in [2.05, 4.69) is 11.4 Å². The first-order valence-electron chi connectivity index (χ1n) is 7.76. The highest BCUT2D eigenvalue weighted by atomic mass is 16.4. The van der Waals surface area contributed by atoms with Gasteiger partial charge in [0.1, 0.15) is 0 Å². The van der Waals surface area contributed by atoms with Crippen molar-refractivity contribution in [2.24, 2.45) is 11.3 Å². The number of nitrogens with one attached hydrogen (secondary N) is 1. The molecule has 2 aliphatic rings. The number of carbonyl (C=O) groups excluding carboxylic acids is 1. The van der Waals surface area contributed by atoms with Crippen LogP contribution in [0.4, 0.5) is 10.5 Å². The van der Waals surface area contributed by atoms with Crippen molar-refractivity contribution in [3.63, 3.8) is 0 Å². The summed E-state index contributed by atoms with van der Waals surface area (Å²) in [6.45, 7) is 2.60. The number of hydrogen-bond acceptors (Lipinski definition) is 3. The Morgan fingerprint density at radius 1 is 1.43 bits per heavy atom. The van der Waals surface area contributed by atoms with Crippen LogP contribution < -0.4 is 5.32 Å². The molecule has 1 heterocycles. The van der Waals surface area contributed by atoms with Crippen LogP contribution in [0.25, 0.3) is 0 Å². The van der Waals surface area contributed by atoms with Crippen molar-refractivity contribution < 1.29 is 14.7 Å². The molecular weight excluding hydrogens is 294 g/mol. The van der Waals surface area contributed by atoms with Crippen molar-refractivity contribution in [2.75, 3.05) is 18.4 Å². The van der Waals surface area contributed by atoms with E-state index in [1.54, 1.807) is 23.1 Å². The highest BCUT2D eigenvalue weighted by molar-refractivity contribution is 5.91. The predicted octanol–water partition coefficient (Wildman–Crippen LogP) is 2.59. The monoisotopic (exact) mass is 313 g/mol. The van der Waals surface area contributed by atoms with Crippen LogP contribution in [0.1, 0.15) is 30.4 Å². The van der Waals surface area contributed by atoms with Crippen molar-refractivity contribution in [3.05, 3.63) is 29.3 Å². The first kappa shape index (κ1) is 15.3. The van der Waals surface area contributed by atoms with Gasteiger partial charge in [0, 0.05) is 18.8 Å². The maximum atomic E-state index is 12.5. The third-order valence-electron chi connectivity index (χ3n) is 5.04. The molecular formula is C17H19N3O3. The minimum absolute atomic E-state index is 0.0397. The standard InChI is InChI=1S/C17H19N3O3/c1-11-5-12(8-18)7-14(6-11)19-16(23)20-9-13-3-2-4-17(13,10-20)15(21)22/h5-7,13H,2-4,9-10H2,1H3,(H,19,23)(H,21,22)/t13-,17+/m0/s1. The molecule has 1 aliphatic carbocycles. The van der Waals surface area contributed by atoms with Gasteiger partial charge >= 0.3 is 12.0 Å². The number of fused-ring (bicyclic) bond motifs is 1. The molecule has 2 fully saturated rings. The number of carboxylic acid groups (broad SMARTS) is 1. The molecule has 2 amide bonds. The molecule has 2 atom stereocenters. The van der Waals surface area contributed by atoms with Gasteiger partial charge in [-0.2, -0.15) is 5.26 Å². The second-order valence-corrected chi connectivity index (χ2v) is 6.56. The number of carbonyl (C=O) groups is 2. The van der Waals surface area contributed by atoms with Gasteiger partial charge in [0.05, 0.1) is 17.0 Å². The summed E-state index contributed by atoms with van der Waals surface area (Å²) in [6.07, 6.45) is 2.41. The molecule has 0 radical (unpaired) electrons. The van der Waals surface area contributed by atoms with Gasteiger partial charge in [-0.1, -0.05) is 6.42 Å². The molecule has 120 valence electrons. The fourth-order valence-electron chi connectivity index (χ4n) is 3.92. The van der Waals surface area contributed by atoms with Gasteiger partial charge in [0.2, 0.25) is 0 Å². The quantitative estimate of drug-likeness (QED) is 0.877. The van der Waals surface area contributed by atoms with E-state index in [-0.39, 0.29) is 18.5 Å². The van der Waals surface area contributed by atoms with Crippen LogP contribution in [0.2, 0.25) is 0 Å². The fraction of sp³-hybridized carbons (Fsp3) is 0.471. The summed E-state index contributed by atoms with van der Waals surface area (Å²) in [4.78, 5) is 25.7. The normalized spacial score (nSPS) is 25.7. The zero-order valence-corrected chi connectivity index (χ0v) is 13.0. The van der Waals surface area contributed by atoms with Crippen LogP contribution in [0.15, 0.2) is 18.2 Å². The topological polar surface area (TPSA) is 93.4 Å². The molecule has 2 N–H and O–H groups in total. The van der Waals surface area contributed by atoms with Crippen LogP contribution in [-0.4, -0.2) is 35.1 Å². The number of aliphatic carboxylic acids is 1. The van der Waals surface area contributed by atoms with Gasteiger partial charge in [-0.3, -0.25) is 4.79 Å². The molecule has 0 aromatic heterocycles. The van der Waals surface area contributed by atoms with E-state index in [1.165, 1.54) is 0 Å². The average molecular weight is 313 g/mol. The second kappa shape index (κ2) is 5.58. The minimum atomic E-state index is -0.794. The first-order valence-corrected chi connectivity index (χ1v) is 7.76. The number of rotatable bonds is 2.